The third-order valence-electron chi connectivity index (χ3n) is 2.36. The van der Waals surface area contributed by atoms with Crippen LogP contribution in [-0.2, 0) is 0 Å². The number of aromatic nitrogens is 4. The first-order valence-electron chi connectivity index (χ1n) is 4.67. The Kier molecular flexibility index (Phi) is 2.26. The van der Waals surface area contributed by atoms with Crippen LogP contribution >= 0.6 is 27.5 Å². The Hall–Kier alpha value is -1.27. The molecule has 16 heavy (non-hydrogen) atoms. The number of aromatic amines is 1. The Morgan fingerprint density at radius 3 is 3.00 bits per heavy atom. The Balaban J connectivity index is 2.23. The molecule has 0 radical (unpaired) electrons. The Labute approximate surface area is 104 Å². The molecule has 2 heterocycles. The quantitative estimate of drug-likeness (QED) is 0.750. The molecule has 3 rings (SSSR count). The van der Waals surface area contributed by atoms with Crippen molar-refractivity contribution < 1.29 is 0 Å². The summed E-state index contributed by atoms with van der Waals surface area (Å²) >= 11 is 4.81. The molecule has 0 saturated carbocycles. The summed E-state index contributed by atoms with van der Waals surface area (Å²) in [5.74, 6) is 0.765. The van der Waals surface area contributed by atoms with Crippen LogP contribution in [0.15, 0.2) is 22.0 Å². The number of nitrogens with zero attached hydrogens (tertiary/aromatic N) is 3. The van der Waals surface area contributed by atoms with Crippen molar-refractivity contribution in [3.63, 3.8) is 0 Å². The monoisotopic (exact) mass is 294 g/mol. The number of benzene rings is 1. The summed E-state index contributed by atoms with van der Waals surface area (Å²) in [5.41, 5.74) is 3.92. The zero-order valence-corrected chi connectivity index (χ0v) is 10.8. The van der Waals surface area contributed by atoms with E-state index in [-0.39, 0.29) is 0 Å². The average molecular weight is 295 g/mol. The third-order valence-corrected chi connectivity index (χ3v) is 3.72. The summed E-state index contributed by atoms with van der Waals surface area (Å²) in [5, 5.41) is 5.86. The molecular weight excluding hydrogens is 288 g/mol. The number of H-pyrrole nitrogens is 1. The fourth-order valence-electron chi connectivity index (χ4n) is 1.53. The Morgan fingerprint density at radius 2 is 2.25 bits per heavy atom. The van der Waals surface area contributed by atoms with Gasteiger partial charge in [0.25, 0.3) is 0 Å². The van der Waals surface area contributed by atoms with Gasteiger partial charge in [-0.3, -0.25) is 0 Å². The molecule has 6 heteroatoms. The zero-order chi connectivity index (χ0) is 11.1. The van der Waals surface area contributed by atoms with Crippen LogP contribution in [0.2, 0.25) is 0 Å². The van der Waals surface area contributed by atoms with E-state index >= 15 is 0 Å². The van der Waals surface area contributed by atoms with E-state index in [9.17, 15) is 0 Å². The van der Waals surface area contributed by atoms with Gasteiger partial charge in [-0.15, -0.1) is 5.10 Å². The SMILES string of the molecule is Cc1cc2[nH]c(-c3csnn3)nc2cc1Br. The first kappa shape index (κ1) is 9.92. The Morgan fingerprint density at radius 1 is 1.38 bits per heavy atom. The topological polar surface area (TPSA) is 54.5 Å². The van der Waals surface area contributed by atoms with Gasteiger partial charge in [-0.2, -0.15) is 0 Å². The molecule has 0 amide bonds. The van der Waals surface area contributed by atoms with Crippen molar-refractivity contribution in [1.29, 1.82) is 0 Å². The van der Waals surface area contributed by atoms with Crippen LogP contribution in [0.4, 0.5) is 0 Å². The van der Waals surface area contributed by atoms with Crippen LogP contribution in [-0.4, -0.2) is 19.6 Å². The maximum atomic E-state index is 4.48. The molecule has 80 valence electrons. The van der Waals surface area contributed by atoms with Gasteiger partial charge in [0.1, 0.15) is 5.69 Å². The highest BCUT2D eigenvalue weighted by atomic mass is 79.9. The second-order valence-corrected chi connectivity index (χ2v) is 4.96. The maximum Gasteiger partial charge on any atom is 0.160 e. The minimum atomic E-state index is 0.765. The van der Waals surface area contributed by atoms with Crippen LogP contribution < -0.4 is 0 Å². The normalized spacial score (nSPS) is 11.1. The standard InChI is InChI=1S/C10H7BrN4S/c1-5-2-7-8(3-6(5)11)13-10(12-7)9-4-16-15-14-9/h2-4H,1H3,(H,12,13). The van der Waals surface area contributed by atoms with Crippen LogP contribution in [0.1, 0.15) is 5.56 Å². The van der Waals surface area contributed by atoms with Gasteiger partial charge in [-0.25, -0.2) is 4.98 Å². The molecule has 0 aliphatic heterocycles. The maximum absolute atomic E-state index is 4.48. The Bertz CT molecular complexity index is 605. The van der Waals surface area contributed by atoms with E-state index in [1.807, 2.05) is 11.4 Å². The lowest BCUT2D eigenvalue weighted by molar-refractivity contribution is 1.13. The van der Waals surface area contributed by atoms with Crippen LogP contribution in [0.3, 0.4) is 0 Å². The number of imidazole rings is 1. The second-order valence-electron chi connectivity index (χ2n) is 3.49. The van der Waals surface area contributed by atoms with Gasteiger partial charge >= 0.3 is 0 Å². The summed E-state index contributed by atoms with van der Waals surface area (Å²) in [7, 11) is 0. The highest BCUT2D eigenvalue weighted by molar-refractivity contribution is 9.10. The molecule has 0 fully saturated rings. The van der Waals surface area contributed by atoms with E-state index in [0.29, 0.717) is 0 Å². The molecule has 0 spiro atoms. The summed E-state index contributed by atoms with van der Waals surface area (Å²) in [4.78, 5) is 7.71. The van der Waals surface area contributed by atoms with E-state index in [0.717, 1.165) is 27.0 Å². The molecule has 0 aliphatic rings. The van der Waals surface area contributed by atoms with E-state index in [1.54, 1.807) is 0 Å². The molecule has 3 aromatic rings. The van der Waals surface area contributed by atoms with Gasteiger partial charge < -0.3 is 4.98 Å². The molecule has 0 unspecified atom stereocenters. The minimum absolute atomic E-state index is 0.765. The van der Waals surface area contributed by atoms with Gasteiger partial charge in [0.15, 0.2) is 5.82 Å². The lowest BCUT2D eigenvalue weighted by Gasteiger charge is -1.95. The van der Waals surface area contributed by atoms with Gasteiger partial charge in [0, 0.05) is 9.85 Å². The van der Waals surface area contributed by atoms with Crippen molar-refractivity contribution in [3.05, 3.63) is 27.5 Å². The van der Waals surface area contributed by atoms with Crippen LogP contribution in [0.25, 0.3) is 22.6 Å². The first-order chi connectivity index (χ1) is 7.74. The summed E-state index contributed by atoms with van der Waals surface area (Å²) < 4.78 is 4.89. The summed E-state index contributed by atoms with van der Waals surface area (Å²) in [6, 6.07) is 4.07. The molecule has 0 atom stereocenters. The minimum Gasteiger partial charge on any atom is -0.337 e. The van der Waals surface area contributed by atoms with Crippen molar-refractivity contribution in [2.45, 2.75) is 6.92 Å². The smallest absolute Gasteiger partial charge is 0.160 e. The highest BCUT2D eigenvalue weighted by Crippen LogP contribution is 2.25. The number of nitrogens with one attached hydrogen (secondary N) is 1. The molecule has 2 aromatic heterocycles. The van der Waals surface area contributed by atoms with Gasteiger partial charge in [0.05, 0.1) is 11.0 Å². The number of halogens is 1. The van der Waals surface area contributed by atoms with Crippen molar-refractivity contribution in [3.8, 4) is 11.5 Å². The van der Waals surface area contributed by atoms with E-state index in [2.05, 4.69) is 48.5 Å². The fraction of sp³-hybridized carbons (Fsp3) is 0.100. The lowest BCUT2D eigenvalue weighted by atomic mass is 10.2. The van der Waals surface area contributed by atoms with E-state index < -0.39 is 0 Å². The molecule has 1 aromatic carbocycles. The lowest BCUT2D eigenvalue weighted by Crippen LogP contribution is -1.79. The third kappa shape index (κ3) is 1.54. The van der Waals surface area contributed by atoms with Crippen molar-refractivity contribution in [2.24, 2.45) is 0 Å². The number of fused-ring (bicyclic) bond motifs is 1. The first-order valence-corrected chi connectivity index (χ1v) is 6.30. The van der Waals surface area contributed by atoms with Gasteiger partial charge in [-0.1, -0.05) is 20.4 Å². The van der Waals surface area contributed by atoms with Gasteiger partial charge in [-0.05, 0) is 36.2 Å². The highest BCUT2D eigenvalue weighted by Gasteiger charge is 2.08. The predicted octanol–water partition coefficient (Wildman–Crippen LogP) is 3.15. The molecule has 4 nitrogen and oxygen atoms in total. The number of hydrogen-bond donors (Lipinski definition) is 1. The van der Waals surface area contributed by atoms with Crippen LogP contribution in [0, 0.1) is 6.92 Å². The molecular formula is C10H7BrN4S. The van der Waals surface area contributed by atoms with Crippen molar-refractivity contribution in [2.75, 3.05) is 0 Å². The average Bonchev–Trinajstić information content (AvgIpc) is 2.86. The largest absolute Gasteiger partial charge is 0.337 e. The zero-order valence-electron chi connectivity index (χ0n) is 8.36. The molecule has 0 aliphatic carbocycles. The van der Waals surface area contributed by atoms with Crippen molar-refractivity contribution in [1.82, 2.24) is 19.6 Å². The summed E-state index contributed by atoms with van der Waals surface area (Å²) in [6.45, 7) is 2.05. The molecule has 1 N–H and O–H groups in total. The van der Waals surface area contributed by atoms with Crippen LogP contribution in [0.5, 0.6) is 0 Å². The number of aryl methyl sites for hydroxylation is 1. The molecule has 0 bridgehead atoms. The predicted molar refractivity (Wildman–Crippen MR) is 67.4 cm³/mol. The molecule has 0 saturated heterocycles. The van der Waals surface area contributed by atoms with Crippen molar-refractivity contribution >= 4 is 38.5 Å². The van der Waals surface area contributed by atoms with E-state index in [4.69, 9.17) is 0 Å². The number of hydrogen-bond acceptors (Lipinski definition) is 4. The fourth-order valence-corrected chi connectivity index (χ4v) is 2.30. The van der Waals surface area contributed by atoms with Gasteiger partial charge in [0.2, 0.25) is 0 Å². The summed E-state index contributed by atoms with van der Waals surface area (Å²) in [6.07, 6.45) is 0. The van der Waals surface area contributed by atoms with E-state index in [1.165, 1.54) is 17.1 Å². The second kappa shape index (κ2) is 3.64. The number of rotatable bonds is 1.